The molecule has 0 aliphatic carbocycles. The normalized spacial score (nSPS) is 20.9. The van der Waals surface area contributed by atoms with Crippen molar-refractivity contribution in [2.45, 2.75) is 50.6 Å². The van der Waals surface area contributed by atoms with Crippen molar-refractivity contribution in [1.29, 1.82) is 0 Å². The lowest BCUT2D eigenvalue weighted by molar-refractivity contribution is -0.139. The van der Waals surface area contributed by atoms with Crippen molar-refractivity contribution >= 4 is 17.7 Å². The van der Waals surface area contributed by atoms with Gasteiger partial charge in [-0.1, -0.05) is 0 Å². The van der Waals surface area contributed by atoms with Crippen LogP contribution in [0, 0.1) is 0 Å². The SMILES string of the molecule is N[C@@H](Cc1cnc[nH]1)C(=O)N1CCC[C@H]1C(=O)NCCCN1CCCC1=O. The Labute approximate surface area is 158 Å². The number of nitrogens with zero attached hydrogens (tertiary/aromatic N) is 3. The quantitative estimate of drug-likeness (QED) is 0.523. The topological polar surface area (TPSA) is 124 Å². The molecule has 2 aliphatic heterocycles. The molecule has 3 rings (SSSR count). The molecule has 1 aromatic rings. The van der Waals surface area contributed by atoms with Gasteiger partial charge in [0.25, 0.3) is 0 Å². The minimum atomic E-state index is -0.694. The van der Waals surface area contributed by atoms with Gasteiger partial charge in [-0.2, -0.15) is 0 Å². The van der Waals surface area contributed by atoms with E-state index in [1.54, 1.807) is 17.4 Å². The van der Waals surface area contributed by atoms with Gasteiger partial charge in [-0.05, 0) is 25.7 Å². The van der Waals surface area contributed by atoms with Crippen LogP contribution in [0.2, 0.25) is 0 Å². The van der Waals surface area contributed by atoms with Gasteiger partial charge in [0.2, 0.25) is 17.7 Å². The van der Waals surface area contributed by atoms with E-state index in [0.717, 1.165) is 31.5 Å². The molecule has 2 atom stereocenters. The fraction of sp³-hybridized carbons (Fsp3) is 0.667. The van der Waals surface area contributed by atoms with Gasteiger partial charge in [0.1, 0.15) is 6.04 Å². The van der Waals surface area contributed by atoms with Crippen LogP contribution in [-0.2, 0) is 20.8 Å². The molecule has 3 heterocycles. The van der Waals surface area contributed by atoms with E-state index in [1.807, 2.05) is 4.90 Å². The summed E-state index contributed by atoms with van der Waals surface area (Å²) in [5.74, 6) is -0.146. The zero-order valence-electron chi connectivity index (χ0n) is 15.5. The van der Waals surface area contributed by atoms with Crippen LogP contribution < -0.4 is 11.1 Å². The minimum Gasteiger partial charge on any atom is -0.354 e. The second kappa shape index (κ2) is 8.98. The monoisotopic (exact) mass is 376 g/mol. The molecule has 9 nitrogen and oxygen atoms in total. The molecule has 0 radical (unpaired) electrons. The highest BCUT2D eigenvalue weighted by Gasteiger charge is 2.36. The molecule has 0 aromatic carbocycles. The molecule has 0 saturated carbocycles. The van der Waals surface area contributed by atoms with Gasteiger partial charge in [0.15, 0.2) is 0 Å². The number of aromatic amines is 1. The summed E-state index contributed by atoms with van der Waals surface area (Å²) in [7, 11) is 0. The van der Waals surface area contributed by atoms with Crippen LogP contribution >= 0.6 is 0 Å². The van der Waals surface area contributed by atoms with Crippen LogP contribution in [0.5, 0.6) is 0 Å². The highest BCUT2D eigenvalue weighted by atomic mass is 16.2. The van der Waals surface area contributed by atoms with Crippen molar-refractivity contribution in [3.63, 3.8) is 0 Å². The van der Waals surface area contributed by atoms with E-state index in [4.69, 9.17) is 5.73 Å². The molecule has 27 heavy (non-hydrogen) atoms. The molecule has 2 aliphatic rings. The summed E-state index contributed by atoms with van der Waals surface area (Å²) in [6.07, 6.45) is 7.28. The van der Waals surface area contributed by atoms with Crippen LogP contribution in [0.3, 0.4) is 0 Å². The lowest BCUT2D eigenvalue weighted by atomic mass is 10.1. The number of likely N-dealkylation sites (tertiary alicyclic amines) is 2. The molecular formula is C18H28N6O3. The number of aromatic nitrogens is 2. The lowest BCUT2D eigenvalue weighted by Gasteiger charge is -2.26. The van der Waals surface area contributed by atoms with E-state index in [-0.39, 0.29) is 17.7 Å². The summed E-state index contributed by atoms with van der Waals surface area (Å²) >= 11 is 0. The predicted molar refractivity (Wildman–Crippen MR) is 98.4 cm³/mol. The maximum Gasteiger partial charge on any atom is 0.242 e. The van der Waals surface area contributed by atoms with Crippen molar-refractivity contribution in [1.82, 2.24) is 25.1 Å². The molecule has 148 valence electrons. The molecule has 2 saturated heterocycles. The fourth-order valence-electron chi connectivity index (χ4n) is 3.78. The van der Waals surface area contributed by atoms with Gasteiger partial charge in [-0.3, -0.25) is 14.4 Å². The number of amides is 3. The first-order chi connectivity index (χ1) is 13.1. The summed E-state index contributed by atoms with van der Waals surface area (Å²) in [5.41, 5.74) is 6.85. The van der Waals surface area contributed by atoms with Crippen molar-refractivity contribution in [2.75, 3.05) is 26.2 Å². The zero-order valence-corrected chi connectivity index (χ0v) is 15.5. The van der Waals surface area contributed by atoms with Crippen LogP contribution in [0.4, 0.5) is 0 Å². The zero-order chi connectivity index (χ0) is 19.2. The van der Waals surface area contributed by atoms with Crippen LogP contribution in [0.15, 0.2) is 12.5 Å². The van der Waals surface area contributed by atoms with E-state index in [0.29, 0.717) is 38.9 Å². The second-order valence-corrected chi connectivity index (χ2v) is 7.21. The van der Waals surface area contributed by atoms with E-state index < -0.39 is 12.1 Å². The van der Waals surface area contributed by atoms with Crippen LogP contribution in [-0.4, -0.2) is 75.8 Å². The first-order valence-corrected chi connectivity index (χ1v) is 9.65. The summed E-state index contributed by atoms with van der Waals surface area (Å²) in [4.78, 5) is 47.1. The first-order valence-electron chi connectivity index (χ1n) is 9.65. The van der Waals surface area contributed by atoms with Crippen molar-refractivity contribution in [3.05, 3.63) is 18.2 Å². The molecule has 0 spiro atoms. The molecular weight excluding hydrogens is 348 g/mol. The molecule has 9 heteroatoms. The molecule has 4 N–H and O–H groups in total. The number of rotatable bonds is 8. The third-order valence-electron chi connectivity index (χ3n) is 5.23. The van der Waals surface area contributed by atoms with Gasteiger partial charge in [0.05, 0.1) is 12.4 Å². The number of imidazole rings is 1. The second-order valence-electron chi connectivity index (χ2n) is 7.21. The Hall–Kier alpha value is -2.42. The fourth-order valence-corrected chi connectivity index (χ4v) is 3.78. The Bertz CT molecular complexity index is 662. The highest BCUT2D eigenvalue weighted by Crippen LogP contribution is 2.19. The third-order valence-corrected chi connectivity index (χ3v) is 5.23. The van der Waals surface area contributed by atoms with Gasteiger partial charge in [0, 0.05) is 50.9 Å². The number of carbonyl (C=O) groups is 3. The van der Waals surface area contributed by atoms with Crippen molar-refractivity contribution in [2.24, 2.45) is 5.73 Å². The van der Waals surface area contributed by atoms with E-state index in [9.17, 15) is 14.4 Å². The van der Waals surface area contributed by atoms with Gasteiger partial charge in [-0.15, -0.1) is 0 Å². The van der Waals surface area contributed by atoms with Gasteiger partial charge >= 0.3 is 0 Å². The molecule has 0 bridgehead atoms. The predicted octanol–water partition coefficient (Wildman–Crippen LogP) is -0.601. The largest absolute Gasteiger partial charge is 0.354 e. The maximum atomic E-state index is 12.7. The summed E-state index contributed by atoms with van der Waals surface area (Å²) in [6.45, 7) is 2.53. The molecule has 2 fully saturated rings. The number of hydrogen-bond donors (Lipinski definition) is 3. The number of carbonyl (C=O) groups excluding carboxylic acids is 3. The molecule has 1 aromatic heterocycles. The Kier molecular flexibility index (Phi) is 6.44. The summed E-state index contributed by atoms with van der Waals surface area (Å²) in [6, 6.07) is -1.15. The Morgan fingerprint density at radius 1 is 1.37 bits per heavy atom. The maximum absolute atomic E-state index is 12.7. The Balaban J connectivity index is 1.44. The first kappa shape index (κ1) is 19.3. The average Bonchev–Trinajstić information content (AvgIpc) is 3.40. The third kappa shape index (κ3) is 4.85. The lowest BCUT2D eigenvalue weighted by Crippen LogP contribution is -2.52. The minimum absolute atomic E-state index is 0.137. The standard InChI is InChI=1S/C18H28N6O3/c19-14(10-13-11-20-12-22-13)18(27)24-9-1-4-15(24)17(26)21-6-3-8-23-7-2-5-16(23)25/h11-12,14-15H,1-10,19H2,(H,20,22)(H,21,26)/t14-,15-/m0/s1. The smallest absolute Gasteiger partial charge is 0.242 e. The number of nitrogens with two attached hydrogens (primary N) is 1. The molecule has 0 unspecified atom stereocenters. The summed E-state index contributed by atoms with van der Waals surface area (Å²) in [5, 5.41) is 2.90. The van der Waals surface area contributed by atoms with Gasteiger partial charge < -0.3 is 25.8 Å². The number of H-pyrrole nitrogens is 1. The van der Waals surface area contributed by atoms with Crippen LogP contribution in [0.25, 0.3) is 0 Å². The number of nitrogens with one attached hydrogen (secondary N) is 2. The van der Waals surface area contributed by atoms with E-state index in [2.05, 4.69) is 15.3 Å². The Morgan fingerprint density at radius 3 is 2.93 bits per heavy atom. The summed E-state index contributed by atoms with van der Waals surface area (Å²) < 4.78 is 0. The Morgan fingerprint density at radius 2 is 2.22 bits per heavy atom. The molecule has 3 amide bonds. The average molecular weight is 376 g/mol. The van der Waals surface area contributed by atoms with Crippen molar-refractivity contribution < 1.29 is 14.4 Å². The van der Waals surface area contributed by atoms with E-state index >= 15 is 0 Å². The van der Waals surface area contributed by atoms with Crippen molar-refractivity contribution in [3.8, 4) is 0 Å². The van der Waals surface area contributed by atoms with E-state index in [1.165, 1.54) is 0 Å². The number of hydrogen-bond acceptors (Lipinski definition) is 5. The van der Waals surface area contributed by atoms with Gasteiger partial charge in [-0.25, -0.2) is 4.98 Å². The van der Waals surface area contributed by atoms with Crippen LogP contribution in [0.1, 0.15) is 37.8 Å². The highest BCUT2D eigenvalue weighted by molar-refractivity contribution is 5.90.